The van der Waals surface area contributed by atoms with Gasteiger partial charge in [0.1, 0.15) is 11.6 Å². The highest BCUT2D eigenvalue weighted by Crippen LogP contribution is 2.21. The Morgan fingerprint density at radius 3 is 2.00 bits per heavy atom. The molecule has 0 fully saturated rings. The Bertz CT molecular complexity index is 419. The molecule has 0 saturated carbocycles. The molecule has 0 aliphatic rings. The lowest BCUT2D eigenvalue weighted by Gasteiger charge is -2.03. The van der Waals surface area contributed by atoms with Crippen LogP contribution in [0.3, 0.4) is 0 Å². The average Bonchev–Trinajstić information content (AvgIpc) is 2.18. The van der Waals surface area contributed by atoms with E-state index in [4.69, 9.17) is 11.5 Å². The summed E-state index contributed by atoms with van der Waals surface area (Å²) in [7, 11) is 0. The van der Waals surface area contributed by atoms with Gasteiger partial charge in [0.2, 0.25) is 0 Å². The van der Waals surface area contributed by atoms with Gasteiger partial charge in [-0.3, -0.25) is 4.98 Å². The van der Waals surface area contributed by atoms with Crippen LogP contribution in [0, 0.1) is 0 Å². The fraction of sp³-hybridized carbons (Fsp3) is 0. The minimum Gasteiger partial charge on any atom is -0.384 e. The van der Waals surface area contributed by atoms with Gasteiger partial charge < -0.3 is 11.5 Å². The second-order valence-electron chi connectivity index (χ2n) is 2.94. The number of pyridine rings is 2. The molecule has 4 heteroatoms. The fourth-order valence-electron chi connectivity index (χ4n) is 1.28. The normalized spacial score (nSPS) is 10.0. The SMILES string of the molecule is Nc1cc(-c2ccncc2)cc(N)n1. The summed E-state index contributed by atoms with van der Waals surface area (Å²) in [5, 5.41) is 0. The van der Waals surface area contributed by atoms with Crippen LogP contribution in [0.25, 0.3) is 11.1 Å². The van der Waals surface area contributed by atoms with Crippen molar-refractivity contribution < 1.29 is 0 Å². The van der Waals surface area contributed by atoms with E-state index in [1.807, 2.05) is 12.1 Å². The number of anilines is 2. The largest absolute Gasteiger partial charge is 0.384 e. The Balaban J connectivity index is 2.52. The van der Waals surface area contributed by atoms with Crippen LogP contribution < -0.4 is 11.5 Å². The molecular weight excluding hydrogens is 176 g/mol. The van der Waals surface area contributed by atoms with E-state index in [1.54, 1.807) is 24.5 Å². The molecule has 2 rings (SSSR count). The zero-order chi connectivity index (χ0) is 9.97. The van der Waals surface area contributed by atoms with Gasteiger partial charge >= 0.3 is 0 Å². The van der Waals surface area contributed by atoms with Crippen molar-refractivity contribution in [1.82, 2.24) is 9.97 Å². The molecule has 4 N–H and O–H groups in total. The third kappa shape index (κ3) is 1.64. The molecule has 0 saturated heterocycles. The highest BCUT2D eigenvalue weighted by atomic mass is 14.9. The predicted molar refractivity (Wildman–Crippen MR) is 56.3 cm³/mol. The first-order chi connectivity index (χ1) is 6.75. The minimum absolute atomic E-state index is 0.428. The molecule has 0 spiro atoms. The van der Waals surface area contributed by atoms with Crippen LogP contribution in [-0.4, -0.2) is 9.97 Å². The molecule has 70 valence electrons. The number of nitrogens with zero attached hydrogens (tertiary/aromatic N) is 2. The van der Waals surface area contributed by atoms with E-state index >= 15 is 0 Å². The molecule has 0 aromatic carbocycles. The summed E-state index contributed by atoms with van der Waals surface area (Å²) >= 11 is 0. The van der Waals surface area contributed by atoms with Gasteiger partial charge in [-0.05, 0) is 35.4 Å². The number of aromatic nitrogens is 2. The number of nitrogens with two attached hydrogens (primary N) is 2. The summed E-state index contributed by atoms with van der Waals surface area (Å²) in [5.74, 6) is 0.855. The third-order valence-electron chi connectivity index (χ3n) is 1.88. The van der Waals surface area contributed by atoms with Crippen molar-refractivity contribution in [3.8, 4) is 11.1 Å². The molecule has 0 aliphatic heterocycles. The number of hydrogen-bond acceptors (Lipinski definition) is 4. The average molecular weight is 186 g/mol. The highest BCUT2D eigenvalue weighted by molar-refractivity contribution is 5.68. The first kappa shape index (κ1) is 8.50. The Morgan fingerprint density at radius 1 is 0.857 bits per heavy atom. The van der Waals surface area contributed by atoms with Crippen molar-refractivity contribution in [1.29, 1.82) is 0 Å². The molecule has 0 aliphatic carbocycles. The van der Waals surface area contributed by atoms with Crippen molar-refractivity contribution >= 4 is 11.6 Å². The van der Waals surface area contributed by atoms with E-state index in [0.717, 1.165) is 11.1 Å². The monoisotopic (exact) mass is 186 g/mol. The molecule has 4 nitrogen and oxygen atoms in total. The molecule has 0 atom stereocenters. The molecular formula is C10H10N4. The van der Waals surface area contributed by atoms with E-state index in [0.29, 0.717) is 11.6 Å². The zero-order valence-corrected chi connectivity index (χ0v) is 7.51. The van der Waals surface area contributed by atoms with Crippen LogP contribution in [0.5, 0.6) is 0 Å². The first-order valence-electron chi connectivity index (χ1n) is 4.19. The molecule has 0 bridgehead atoms. The molecule has 2 aromatic rings. The van der Waals surface area contributed by atoms with Gasteiger partial charge in [0.25, 0.3) is 0 Å². The fourth-order valence-corrected chi connectivity index (χ4v) is 1.28. The lowest BCUT2D eigenvalue weighted by atomic mass is 10.1. The van der Waals surface area contributed by atoms with E-state index in [1.165, 1.54) is 0 Å². The van der Waals surface area contributed by atoms with Crippen molar-refractivity contribution in [2.45, 2.75) is 0 Å². The topological polar surface area (TPSA) is 77.8 Å². The van der Waals surface area contributed by atoms with E-state index in [9.17, 15) is 0 Å². The Hall–Kier alpha value is -2.10. The maximum Gasteiger partial charge on any atom is 0.126 e. The van der Waals surface area contributed by atoms with Crippen LogP contribution in [0.2, 0.25) is 0 Å². The molecule has 0 unspecified atom stereocenters. The minimum atomic E-state index is 0.428. The lowest BCUT2D eigenvalue weighted by molar-refractivity contribution is 1.32. The Labute approximate surface area is 81.6 Å². The van der Waals surface area contributed by atoms with Crippen LogP contribution in [0.15, 0.2) is 36.7 Å². The van der Waals surface area contributed by atoms with Crippen molar-refractivity contribution in [2.75, 3.05) is 11.5 Å². The van der Waals surface area contributed by atoms with Crippen LogP contribution in [0.4, 0.5) is 11.6 Å². The van der Waals surface area contributed by atoms with E-state index in [2.05, 4.69) is 9.97 Å². The Morgan fingerprint density at radius 2 is 1.43 bits per heavy atom. The molecule has 14 heavy (non-hydrogen) atoms. The summed E-state index contributed by atoms with van der Waals surface area (Å²) in [6.07, 6.45) is 3.45. The van der Waals surface area contributed by atoms with Crippen molar-refractivity contribution in [3.05, 3.63) is 36.7 Å². The Kier molecular flexibility index (Phi) is 2.02. The molecule has 2 heterocycles. The van der Waals surface area contributed by atoms with Crippen LogP contribution in [0.1, 0.15) is 0 Å². The predicted octanol–water partition coefficient (Wildman–Crippen LogP) is 1.31. The van der Waals surface area contributed by atoms with Gasteiger partial charge in [-0.15, -0.1) is 0 Å². The second kappa shape index (κ2) is 3.33. The first-order valence-corrected chi connectivity index (χ1v) is 4.19. The standard InChI is InChI=1S/C10H10N4/c11-9-5-8(6-10(12)14-9)7-1-3-13-4-2-7/h1-6H,(H4,11,12,14). The number of hydrogen-bond donors (Lipinski definition) is 2. The summed E-state index contributed by atoms with van der Waals surface area (Å²) in [6, 6.07) is 7.36. The lowest BCUT2D eigenvalue weighted by Crippen LogP contribution is -1.96. The van der Waals surface area contributed by atoms with E-state index in [-0.39, 0.29) is 0 Å². The van der Waals surface area contributed by atoms with E-state index < -0.39 is 0 Å². The van der Waals surface area contributed by atoms with Gasteiger partial charge in [-0.2, -0.15) is 0 Å². The van der Waals surface area contributed by atoms with Crippen molar-refractivity contribution in [2.24, 2.45) is 0 Å². The van der Waals surface area contributed by atoms with Gasteiger partial charge in [0.05, 0.1) is 0 Å². The molecule has 0 radical (unpaired) electrons. The maximum atomic E-state index is 5.59. The van der Waals surface area contributed by atoms with Crippen molar-refractivity contribution in [3.63, 3.8) is 0 Å². The van der Waals surface area contributed by atoms with Gasteiger partial charge in [-0.1, -0.05) is 0 Å². The maximum absolute atomic E-state index is 5.59. The van der Waals surface area contributed by atoms with Gasteiger partial charge in [-0.25, -0.2) is 4.98 Å². The van der Waals surface area contributed by atoms with Gasteiger partial charge in [0, 0.05) is 12.4 Å². The second-order valence-corrected chi connectivity index (χ2v) is 2.94. The molecule has 2 aromatic heterocycles. The quantitative estimate of drug-likeness (QED) is 0.703. The number of nitrogen functional groups attached to an aromatic ring is 2. The zero-order valence-electron chi connectivity index (χ0n) is 7.51. The smallest absolute Gasteiger partial charge is 0.126 e. The van der Waals surface area contributed by atoms with Gasteiger partial charge in [0.15, 0.2) is 0 Å². The summed E-state index contributed by atoms with van der Waals surface area (Å²) in [5.41, 5.74) is 13.2. The highest BCUT2D eigenvalue weighted by Gasteiger charge is 1.99. The summed E-state index contributed by atoms with van der Waals surface area (Å²) < 4.78 is 0. The third-order valence-corrected chi connectivity index (χ3v) is 1.88. The summed E-state index contributed by atoms with van der Waals surface area (Å²) in [6.45, 7) is 0. The van der Waals surface area contributed by atoms with Crippen LogP contribution >= 0.6 is 0 Å². The van der Waals surface area contributed by atoms with Crippen LogP contribution in [-0.2, 0) is 0 Å². The summed E-state index contributed by atoms with van der Waals surface area (Å²) in [4.78, 5) is 7.84. The molecule has 0 amide bonds. The number of rotatable bonds is 1.